The number of halogens is 2. The number of amides is 4. The number of ether oxygens (including phenoxy) is 1. The summed E-state index contributed by atoms with van der Waals surface area (Å²) in [6, 6.07) is 15.0. The molecule has 0 spiro atoms. The van der Waals surface area contributed by atoms with Crippen molar-refractivity contribution < 1.29 is 44.4 Å². The molecule has 71 heavy (non-hydrogen) atoms. The van der Waals surface area contributed by atoms with Crippen LogP contribution in [0.3, 0.4) is 0 Å². The van der Waals surface area contributed by atoms with Crippen molar-refractivity contribution in [1.82, 2.24) is 45.8 Å². The summed E-state index contributed by atoms with van der Waals surface area (Å²) in [5, 5.41) is 11.2. The zero-order valence-electron chi connectivity index (χ0n) is 41.6. The van der Waals surface area contributed by atoms with Crippen molar-refractivity contribution in [2.75, 3.05) is 136 Å². The van der Waals surface area contributed by atoms with Crippen molar-refractivity contribution in [3.63, 3.8) is 0 Å². The number of hydrogen-bond donors (Lipinski definition) is 5. The van der Waals surface area contributed by atoms with Gasteiger partial charge in [0, 0.05) is 97.0 Å². The van der Waals surface area contributed by atoms with Gasteiger partial charge in [-0.3, -0.25) is 43.7 Å². The number of aldehydes is 1. The summed E-state index contributed by atoms with van der Waals surface area (Å²) >= 11 is 1.54. The topological polar surface area (TPSA) is 238 Å². The number of benzene rings is 2. The number of alkyl carbamates (subject to hydrolysis) is 1. The van der Waals surface area contributed by atoms with Crippen LogP contribution >= 0.6 is 44.6 Å². The molecule has 1 aliphatic carbocycles. The number of hydrogen-bond acceptors (Lipinski definition) is 16. The Balaban J connectivity index is 0.00000145. The number of rotatable bonds is 23. The van der Waals surface area contributed by atoms with E-state index in [-0.39, 0.29) is 104 Å². The Morgan fingerprint density at radius 1 is 0.761 bits per heavy atom. The number of Topliss-reactive ketones (excluding diaryl/α,β-unsaturated/α-hetero) is 1. The Labute approximate surface area is 444 Å². The molecule has 2 aromatic carbocycles. The van der Waals surface area contributed by atoms with E-state index in [2.05, 4.69) is 33.1 Å². The van der Waals surface area contributed by atoms with E-state index in [0.717, 1.165) is 54.5 Å². The van der Waals surface area contributed by atoms with Crippen LogP contribution in [0.4, 0.5) is 4.79 Å². The standard InChI is InChI=1S/C44H63IN10O9.C5H13IO/c1-32(57)27-52-14-10-33(11-15-52)49-41(59)29-54-19-17-51(24-25-56)16-18-53(20-22-55(23-21-54)30-42(60)64-45)28-40(58)47-12-13-48-43(61)39(26-46)50-44(62)63-31-38-36-8-4-2-6-34(36)35-7-3-5-9-37(35)38;1-3-4-5-6-7-2/h2-9,25,33,38-39H,10-24,26-31,46H2,1H3,(H,47,58)(H,48,61)(H,49,59)(H,50,62);6H,3-5H2,1-2H3/t39-;/m1./s1. The van der Waals surface area contributed by atoms with E-state index in [0.29, 0.717) is 58.9 Å². The van der Waals surface area contributed by atoms with E-state index in [1.165, 1.54) is 17.3 Å². The summed E-state index contributed by atoms with van der Waals surface area (Å²) < 4.78 is 16.8. The number of nitrogens with zero attached hydrogens (tertiary/aromatic N) is 5. The number of fused-ring (bicyclic) bond motifs is 3. The fraction of sp³-hybridized carbons (Fsp3) is 0.612. The van der Waals surface area contributed by atoms with Crippen LogP contribution in [-0.2, 0) is 39.6 Å². The van der Waals surface area contributed by atoms with Crippen molar-refractivity contribution in [2.24, 2.45) is 5.73 Å². The molecule has 2 heterocycles. The van der Waals surface area contributed by atoms with Crippen LogP contribution in [0, 0.1) is 0 Å². The molecule has 0 unspecified atom stereocenters. The molecule has 1 atom stereocenters. The Bertz CT molecular complexity index is 1950. The first kappa shape index (κ1) is 59.7. The van der Waals surface area contributed by atoms with Gasteiger partial charge in [0.15, 0.2) is 23.0 Å². The first-order valence-electron chi connectivity index (χ1n) is 24.5. The molecular weight excluding hydrogens is 1140 g/mol. The van der Waals surface area contributed by atoms with Crippen LogP contribution in [0.15, 0.2) is 48.5 Å². The predicted molar refractivity (Wildman–Crippen MR) is 289 cm³/mol. The van der Waals surface area contributed by atoms with E-state index in [1.807, 2.05) is 68.1 Å². The van der Waals surface area contributed by atoms with Crippen LogP contribution in [0.5, 0.6) is 0 Å². The van der Waals surface area contributed by atoms with E-state index < -0.39 is 24.0 Å². The summed E-state index contributed by atoms with van der Waals surface area (Å²) in [7, 11) is 1.80. The molecule has 2 fully saturated rings. The van der Waals surface area contributed by atoms with Gasteiger partial charge in [-0.2, -0.15) is 0 Å². The number of likely N-dealkylation sites (tertiary alicyclic amines) is 1. The number of carbonyl (C=O) groups excluding carboxylic acids is 7. The minimum atomic E-state index is -1.05. The second-order valence-corrected chi connectivity index (χ2v) is 21.0. The molecule has 0 aromatic heterocycles. The summed E-state index contributed by atoms with van der Waals surface area (Å²) in [5.41, 5.74) is 10.2. The molecule has 5 rings (SSSR count). The molecular formula is C49H76I2N10O10. The normalized spacial score (nSPS) is 17.2. The molecule has 20 nitrogen and oxygen atoms in total. The zero-order chi connectivity index (χ0) is 51.4. The second kappa shape index (κ2) is 33.8. The van der Waals surface area contributed by atoms with Gasteiger partial charge >= 0.3 is 68.1 Å². The summed E-state index contributed by atoms with van der Waals surface area (Å²) in [6.45, 7) is 9.95. The van der Waals surface area contributed by atoms with Gasteiger partial charge in [0.1, 0.15) is 24.7 Å². The maximum absolute atomic E-state index is 13.2. The fourth-order valence-corrected chi connectivity index (χ4v) is 10.4. The van der Waals surface area contributed by atoms with Gasteiger partial charge in [0.2, 0.25) is 17.7 Å². The number of ketones is 1. The first-order chi connectivity index (χ1) is 34.4. The molecule has 6 N–H and O–H groups in total. The molecule has 396 valence electrons. The zero-order valence-corrected chi connectivity index (χ0v) is 46.1. The maximum atomic E-state index is 13.2. The molecule has 4 amide bonds. The average Bonchev–Trinajstić information content (AvgIpc) is 3.68. The Kier molecular flexibility index (Phi) is 28.4. The summed E-state index contributed by atoms with van der Waals surface area (Å²) in [4.78, 5) is 97.8. The number of alkyl halides is 1. The molecule has 0 bridgehead atoms. The molecule has 3 aliphatic rings. The SMILES string of the molecule is CC(=O)CN1CCC(NC(=O)CN2CCN(CC=O)CCN(CC(=O)NCCNC(=O)[C@@H](CN)NC(=O)OCC3c4ccccc4-c4ccccc43)CCN(CC(=O)OI)CC2)CC1.CCCC[IH]OC. The first-order valence-corrected chi connectivity index (χ1v) is 28.0. The van der Waals surface area contributed by atoms with Crippen LogP contribution in [-0.4, -0.2) is 214 Å². The number of unbranched alkanes of at least 4 members (excludes halogenated alkanes) is 1. The number of nitrogens with two attached hydrogens (primary N) is 1. The molecule has 0 saturated carbocycles. The van der Waals surface area contributed by atoms with Crippen molar-refractivity contribution >= 4 is 86.5 Å². The Morgan fingerprint density at radius 2 is 1.30 bits per heavy atom. The molecule has 0 radical (unpaired) electrons. The van der Waals surface area contributed by atoms with E-state index in [9.17, 15) is 33.6 Å². The number of piperidine rings is 1. The van der Waals surface area contributed by atoms with Crippen LogP contribution in [0.1, 0.15) is 56.6 Å². The van der Waals surface area contributed by atoms with Gasteiger partial charge in [-0.25, -0.2) is 9.59 Å². The number of carbonyl (C=O) groups is 7. The number of nitrogens with one attached hydrogen (secondary N) is 4. The fourth-order valence-electron chi connectivity index (χ4n) is 8.64. The average molecular weight is 1220 g/mol. The summed E-state index contributed by atoms with van der Waals surface area (Å²) in [6.07, 6.45) is 4.28. The predicted octanol–water partition coefficient (Wildman–Crippen LogP) is 1.62. The van der Waals surface area contributed by atoms with E-state index in [1.54, 1.807) is 37.0 Å². The van der Waals surface area contributed by atoms with E-state index in [4.69, 9.17) is 16.6 Å². The third kappa shape index (κ3) is 22.0. The molecule has 2 aliphatic heterocycles. The third-order valence-electron chi connectivity index (χ3n) is 12.5. The monoisotopic (exact) mass is 1220 g/mol. The summed E-state index contributed by atoms with van der Waals surface area (Å²) in [5.74, 6) is -1.33. The van der Waals surface area contributed by atoms with Crippen molar-refractivity contribution in [3.05, 3.63) is 59.7 Å². The Hall–Kier alpha value is -3.89. The second-order valence-electron chi connectivity index (χ2n) is 17.8. The van der Waals surface area contributed by atoms with Gasteiger partial charge in [0.05, 0.1) is 32.7 Å². The molecule has 22 heteroatoms. The molecule has 2 aromatic rings. The molecule has 2 saturated heterocycles. The van der Waals surface area contributed by atoms with Crippen molar-refractivity contribution in [1.29, 1.82) is 0 Å². The van der Waals surface area contributed by atoms with Crippen LogP contribution in [0.25, 0.3) is 11.1 Å². The van der Waals surface area contributed by atoms with Gasteiger partial charge in [0.25, 0.3) is 0 Å². The van der Waals surface area contributed by atoms with Gasteiger partial charge in [-0.1, -0.05) is 48.5 Å². The minimum absolute atomic E-state index is 0.0244. The third-order valence-corrected chi connectivity index (χ3v) is 14.9. The van der Waals surface area contributed by atoms with E-state index >= 15 is 0 Å². The van der Waals surface area contributed by atoms with Gasteiger partial charge in [-0.05, 0) is 42.0 Å². The van der Waals surface area contributed by atoms with Crippen LogP contribution in [0.2, 0.25) is 0 Å². The van der Waals surface area contributed by atoms with Gasteiger partial charge in [-0.15, -0.1) is 0 Å². The van der Waals surface area contributed by atoms with Gasteiger partial charge < -0.3 is 39.6 Å². The van der Waals surface area contributed by atoms with Crippen LogP contribution < -0.4 is 27.0 Å². The quantitative estimate of drug-likeness (QED) is 0.0460. The van der Waals surface area contributed by atoms with Crippen molar-refractivity contribution in [3.8, 4) is 11.1 Å². The van der Waals surface area contributed by atoms with Crippen molar-refractivity contribution in [2.45, 2.75) is 57.5 Å². The Morgan fingerprint density at radius 3 is 1.83 bits per heavy atom.